The number of halogens is 1. The summed E-state index contributed by atoms with van der Waals surface area (Å²) in [6.45, 7) is 1.34. The van der Waals surface area contributed by atoms with Crippen LogP contribution in [0.4, 0.5) is 5.00 Å². The van der Waals surface area contributed by atoms with E-state index in [9.17, 15) is 10.1 Å². The number of nitrogens with zero attached hydrogens (tertiary/aromatic N) is 2. The lowest BCUT2D eigenvalue weighted by Crippen LogP contribution is -2.03. The Kier molecular flexibility index (Phi) is 5.21. The van der Waals surface area contributed by atoms with E-state index in [1.807, 2.05) is 0 Å². The van der Waals surface area contributed by atoms with Gasteiger partial charge < -0.3 is 9.47 Å². The number of benzene rings is 1. The molecular weight excluding hydrogens is 404 g/mol. The zero-order valence-corrected chi connectivity index (χ0v) is 16.2. The van der Waals surface area contributed by atoms with Crippen molar-refractivity contribution in [3.05, 3.63) is 38.2 Å². The molecule has 0 saturated heterocycles. The molecule has 0 atom stereocenters. The third kappa shape index (κ3) is 3.60. The Bertz CT molecular complexity index is 912. The molecule has 0 spiro atoms. The first-order chi connectivity index (χ1) is 12.0. The molecule has 2 aromatic rings. The van der Waals surface area contributed by atoms with Gasteiger partial charge in [0.2, 0.25) is 0 Å². The molecule has 0 N–H and O–H groups in total. The molecule has 128 valence electrons. The number of hydrogen-bond acceptors (Lipinski definition) is 6. The van der Waals surface area contributed by atoms with E-state index in [1.165, 1.54) is 18.9 Å². The van der Waals surface area contributed by atoms with Crippen LogP contribution in [0, 0.1) is 11.3 Å². The van der Waals surface area contributed by atoms with E-state index in [1.54, 1.807) is 29.7 Å². The summed E-state index contributed by atoms with van der Waals surface area (Å²) in [5.74, 6) is 0.360. The number of ether oxygens (including phenoxy) is 2. The van der Waals surface area contributed by atoms with Crippen molar-refractivity contribution in [3.63, 3.8) is 0 Å². The third-order valence-electron chi connectivity index (χ3n) is 3.87. The van der Waals surface area contributed by atoms with Crippen molar-refractivity contribution in [3.8, 4) is 17.6 Å². The average Bonchev–Trinajstić information content (AvgIpc) is 3.13. The molecule has 0 aliphatic heterocycles. The highest BCUT2D eigenvalue weighted by Crippen LogP contribution is 2.40. The van der Waals surface area contributed by atoms with E-state index in [0.29, 0.717) is 17.1 Å². The van der Waals surface area contributed by atoms with Gasteiger partial charge in [-0.2, -0.15) is 5.26 Å². The summed E-state index contributed by atoms with van der Waals surface area (Å²) in [5, 5.41) is 10.2. The van der Waals surface area contributed by atoms with Crippen LogP contribution < -0.4 is 9.47 Å². The van der Waals surface area contributed by atoms with Crippen LogP contribution in [0.3, 0.4) is 0 Å². The number of aliphatic imine (C=N–C) groups is 1. The predicted octanol–water partition coefficient (Wildman–Crippen LogP) is 4.56. The van der Waals surface area contributed by atoms with Crippen LogP contribution in [0.2, 0.25) is 0 Å². The molecule has 1 aromatic heterocycles. The number of nitriles is 1. The summed E-state index contributed by atoms with van der Waals surface area (Å²) in [7, 11) is 1.51. The summed E-state index contributed by atoms with van der Waals surface area (Å²) < 4.78 is 11.1. The maximum atomic E-state index is 11.2. The lowest BCUT2D eigenvalue weighted by atomic mass is 10.1. The van der Waals surface area contributed by atoms with Crippen molar-refractivity contribution in [1.29, 1.82) is 5.26 Å². The first-order valence-corrected chi connectivity index (χ1v) is 9.29. The van der Waals surface area contributed by atoms with Crippen LogP contribution in [0.5, 0.6) is 11.5 Å². The van der Waals surface area contributed by atoms with E-state index in [-0.39, 0.29) is 0 Å². The molecule has 25 heavy (non-hydrogen) atoms. The molecule has 0 radical (unpaired) electrons. The number of rotatable bonds is 4. The van der Waals surface area contributed by atoms with Gasteiger partial charge in [0.15, 0.2) is 11.5 Å². The number of esters is 1. The van der Waals surface area contributed by atoms with E-state index < -0.39 is 5.97 Å². The largest absolute Gasteiger partial charge is 0.493 e. The second-order valence-electron chi connectivity index (χ2n) is 5.53. The molecule has 1 aliphatic rings. The molecule has 1 aliphatic carbocycles. The van der Waals surface area contributed by atoms with Gasteiger partial charge >= 0.3 is 5.97 Å². The van der Waals surface area contributed by atoms with E-state index in [0.717, 1.165) is 39.9 Å². The topological polar surface area (TPSA) is 71.7 Å². The summed E-state index contributed by atoms with van der Waals surface area (Å²) in [4.78, 5) is 17.0. The summed E-state index contributed by atoms with van der Waals surface area (Å²) in [6.07, 6.45) is 4.78. The molecule has 5 nitrogen and oxygen atoms in total. The maximum Gasteiger partial charge on any atom is 0.308 e. The first-order valence-electron chi connectivity index (χ1n) is 7.68. The lowest BCUT2D eigenvalue weighted by Gasteiger charge is -2.10. The Morgan fingerprint density at radius 2 is 2.20 bits per heavy atom. The second kappa shape index (κ2) is 7.38. The molecule has 0 saturated carbocycles. The number of carbonyl (C=O) groups excluding carboxylic acids is 1. The van der Waals surface area contributed by atoms with Gasteiger partial charge in [-0.1, -0.05) is 0 Å². The number of methoxy groups -OCH3 is 1. The van der Waals surface area contributed by atoms with Crippen molar-refractivity contribution in [1.82, 2.24) is 0 Å². The molecule has 0 unspecified atom stereocenters. The Morgan fingerprint density at radius 1 is 1.40 bits per heavy atom. The van der Waals surface area contributed by atoms with Crippen LogP contribution >= 0.6 is 27.3 Å². The van der Waals surface area contributed by atoms with E-state index >= 15 is 0 Å². The highest BCUT2D eigenvalue weighted by atomic mass is 79.9. The van der Waals surface area contributed by atoms with Crippen molar-refractivity contribution < 1.29 is 14.3 Å². The van der Waals surface area contributed by atoms with Crippen LogP contribution in [-0.2, 0) is 17.6 Å². The standard InChI is InChI=1S/C18H15BrN2O3S/c1-10(22)24-16-7-14(19)11(6-15(16)23-2)9-21-18-13(8-20)12-4-3-5-17(12)25-18/h6-7,9H,3-5H2,1-2H3/b21-9+. The minimum atomic E-state index is -0.418. The van der Waals surface area contributed by atoms with Gasteiger partial charge in [0.25, 0.3) is 0 Å². The SMILES string of the molecule is COc1cc(/C=N/c2sc3c(c2C#N)CCC3)c(Br)cc1OC(C)=O. The molecule has 1 aromatic carbocycles. The van der Waals surface area contributed by atoms with Gasteiger partial charge in [0.1, 0.15) is 11.1 Å². The first kappa shape index (κ1) is 17.6. The Hall–Kier alpha value is -2.17. The van der Waals surface area contributed by atoms with Crippen molar-refractivity contribution >= 4 is 44.5 Å². The lowest BCUT2D eigenvalue weighted by molar-refractivity contribution is -0.132. The predicted molar refractivity (Wildman–Crippen MR) is 100 cm³/mol. The number of aryl methyl sites for hydroxylation is 1. The van der Waals surface area contributed by atoms with Gasteiger partial charge in [-0.3, -0.25) is 4.79 Å². The monoisotopic (exact) mass is 418 g/mol. The van der Waals surface area contributed by atoms with Crippen LogP contribution in [0.1, 0.15) is 34.9 Å². The fourth-order valence-corrected chi connectivity index (χ4v) is 4.38. The van der Waals surface area contributed by atoms with Crippen molar-refractivity contribution in [2.24, 2.45) is 4.99 Å². The molecule has 7 heteroatoms. The molecule has 0 fully saturated rings. The van der Waals surface area contributed by atoms with Gasteiger partial charge in [-0.25, -0.2) is 4.99 Å². The average molecular weight is 419 g/mol. The number of thiophene rings is 1. The molecular formula is C18H15BrN2O3S. The van der Waals surface area contributed by atoms with Gasteiger partial charge in [-0.05, 0) is 52.9 Å². The van der Waals surface area contributed by atoms with Crippen LogP contribution in [0.15, 0.2) is 21.6 Å². The number of carbonyl (C=O) groups is 1. The smallest absolute Gasteiger partial charge is 0.308 e. The molecule has 0 amide bonds. The summed E-state index contributed by atoms with van der Waals surface area (Å²) in [6, 6.07) is 5.69. The Morgan fingerprint density at radius 3 is 2.88 bits per heavy atom. The zero-order chi connectivity index (χ0) is 18.0. The van der Waals surface area contributed by atoms with Gasteiger partial charge in [-0.15, -0.1) is 11.3 Å². The summed E-state index contributed by atoms with van der Waals surface area (Å²) in [5.41, 5.74) is 2.61. The van der Waals surface area contributed by atoms with E-state index in [2.05, 4.69) is 27.0 Å². The quantitative estimate of drug-likeness (QED) is 0.414. The minimum Gasteiger partial charge on any atom is -0.493 e. The molecule has 1 heterocycles. The Labute approximate surface area is 158 Å². The molecule has 0 bridgehead atoms. The van der Waals surface area contributed by atoms with Crippen molar-refractivity contribution in [2.75, 3.05) is 7.11 Å². The van der Waals surface area contributed by atoms with Crippen molar-refractivity contribution in [2.45, 2.75) is 26.2 Å². The maximum absolute atomic E-state index is 11.2. The zero-order valence-electron chi connectivity index (χ0n) is 13.8. The number of fused-ring (bicyclic) bond motifs is 1. The molecule has 3 rings (SSSR count). The van der Waals surface area contributed by atoms with Gasteiger partial charge in [0, 0.05) is 28.1 Å². The normalized spacial score (nSPS) is 12.9. The van der Waals surface area contributed by atoms with Crippen LogP contribution in [-0.4, -0.2) is 19.3 Å². The highest BCUT2D eigenvalue weighted by molar-refractivity contribution is 9.10. The fraction of sp³-hybridized carbons (Fsp3) is 0.278. The Balaban J connectivity index is 1.94. The fourth-order valence-electron chi connectivity index (χ4n) is 2.77. The second-order valence-corrected chi connectivity index (χ2v) is 7.46. The third-order valence-corrected chi connectivity index (χ3v) is 5.76. The highest BCUT2D eigenvalue weighted by Gasteiger charge is 2.21. The summed E-state index contributed by atoms with van der Waals surface area (Å²) >= 11 is 5.04. The van der Waals surface area contributed by atoms with Crippen LogP contribution in [0.25, 0.3) is 0 Å². The minimum absolute atomic E-state index is 0.340. The van der Waals surface area contributed by atoms with Gasteiger partial charge in [0.05, 0.1) is 12.7 Å². The van der Waals surface area contributed by atoms with E-state index in [4.69, 9.17) is 9.47 Å². The number of hydrogen-bond donors (Lipinski definition) is 0.